The van der Waals surface area contributed by atoms with E-state index >= 15 is 0 Å². The second-order valence-electron chi connectivity index (χ2n) is 13.3. The summed E-state index contributed by atoms with van der Waals surface area (Å²) in [6.45, 7) is 8.34. The maximum Gasteiger partial charge on any atom is 0.169 e. The average molecular weight is 494 g/mol. The van der Waals surface area contributed by atoms with E-state index in [0.29, 0.717) is 29.5 Å². The molecule has 6 rings (SSSR count). The molecule has 36 heavy (non-hydrogen) atoms. The second kappa shape index (κ2) is 8.57. The van der Waals surface area contributed by atoms with E-state index in [1.807, 2.05) is 12.1 Å². The van der Waals surface area contributed by atoms with Gasteiger partial charge in [-0.2, -0.15) is 5.10 Å². The highest BCUT2D eigenvalue weighted by molar-refractivity contribution is 5.97. The number of fused-ring (bicyclic) bond motifs is 4. The Kier molecular flexibility index (Phi) is 5.82. The number of nitrogens with two attached hydrogens (primary N) is 2. The summed E-state index contributed by atoms with van der Waals surface area (Å²) in [6, 6.07) is 8.50. The molecule has 6 heteroatoms. The molecule has 3 saturated carbocycles. The van der Waals surface area contributed by atoms with Gasteiger partial charge in [0, 0.05) is 29.7 Å². The van der Waals surface area contributed by atoms with Crippen molar-refractivity contribution in [3.8, 4) is 0 Å². The van der Waals surface area contributed by atoms with E-state index in [2.05, 4.69) is 38.0 Å². The van der Waals surface area contributed by atoms with Gasteiger partial charge in [0.15, 0.2) is 5.79 Å². The monoisotopic (exact) mass is 493 g/mol. The summed E-state index contributed by atoms with van der Waals surface area (Å²) < 4.78 is 12.9. The number of allylic oxidation sites excluding steroid dienone is 2. The van der Waals surface area contributed by atoms with Crippen molar-refractivity contribution in [2.24, 2.45) is 45.3 Å². The van der Waals surface area contributed by atoms with Gasteiger partial charge in [-0.15, -0.1) is 0 Å². The minimum absolute atomic E-state index is 0.0281. The predicted octanol–water partition coefficient (Wildman–Crippen LogP) is 4.81. The van der Waals surface area contributed by atoms with Gasteiger partial charge in [0.2, 0.25) is 0 Å². The van der Waals surface area contributed by atoms with Gasteiger partial charge >= 0.3 is 0 Å². The van der Waals surface area contributed by atoms with E-state index in [1.54, 1.807) is 11.1 Å². The van der Waals surface area contributed by atoms with Gasteiger partial charge in [-0.25, -0.2) is 0 Å². The minimum atomic E-state index is -0.403. The molecule has 4 aliphatic carbocycles. The zero-order valence-electron chi connectivity index (χ0n) is 22.1. The smallest absolute Gasteiger partial charge is 0.169 e. The molecule has 0 radical (unpaired) electrons. The number of nitrogens with zero attached hydrogens (tertiary/aromatic N) is 1. The van der Waals surface area contributed by atoms with Gasteiger partial charge in [0.1, 0.15) is 5.84 Å². The third-order valence-electron chi connectivity index (χ3n) is 10.5. The Balaban J connectivity index is 1.37. The van der Waals surface area contributed by atoms with Crippen molar-refractivity contribution >= 4 is 5.84 Å². The Labute approximate surface area is 215 Å². The number of rotatable bonds is 2. The number of aliphatic hydroxyl groups excluding tert-OH is 1. The van der Waals surface area contributed by atoms with Gasteiger partial charge in [-0.1, -0.05) is 56.2 Å². The van der Waals surface area contributed by atoms with Crippen LogP contribution in [0.2, 0.25) is 0 Å². The lowest BCUT2D eigenvalue weighted by Gasteiger charge is -2.55. The fraction of sp³-hybridized carbons (Fsp3) is 0.700. The standard InChI is InChI=1S/C30H43N3O3/c1-28(2)16-35-30(36-17-28)13-12-21-20(14-30)8-9-22-24-10-11-25(34)29(24,3)15-23(26(21)22)18-4-6-19(7-5-18)27(31)33-32/h4-7,20,22-25,34H,8-17,32H2,1-3H3,(H2,31,33). The predicted molar refractivity (Wildman–Crippen MR) is 141 cm³/mol. The largest absolute Gasteiger partial charge is 0.393 e. The highest BCUT2D eigenvalue weighted by atomic mass is 16.7. The molecule has 0 aromatic heterocycles. The van der Waals surface area contributed by atoms with Crippen LogP contribution in [0.5, 0.6) is 0 Å². The van der Waals surface area contributed by atoms with Gasteiger partial charge in [0.05, 0.1) is 19.3 Å². The molecule has 1 saturated heterocycles. The molecule has 6 unspecified atom stereocenters. The van der Waals surface area contributed by atoms with E-state index in [4.69, 9.17) is 21.1 Å². The lowest BCUT2D eigenvalue weighted by Crippen LogP contribution is -2.52. The van der Waals surface area contributed by atoms with E-state index in [-0.39, 0.29) is 16.9 Å². The number of hydrogen-bond donors (Lipinski definition) is 3. The minimum Gasteiger partial charge on any atom is -0.393 e. The third-order valence-corrected chi connectivity index (χ3v) is 10.5. The Morgan fingerprint density at radius 1 is 1.00 bits per heavy atom. The molecule has 6 nitrogen and oxygen atoms in total. The van der Waals surface area contributed by atoms with E-state index < -0.39 is 5.79 Å². The van der Waals surface area contributed by atoms with Crippen LogP contribution in [0.4, 0.5) is 0 Å². The van der Waals surface area contributed by atoms with Crippen LogP contribution in [0.3, 0.4) is 0 Å². The van der Waals surface area contributed by atoms with E-state index in [1.165, 1.54) is 18.4 Å². The molecular weight excluding hydrogens is 450 g/mol. The summed E-state index contributed by atoms with van der Waals surface area (Å²) in [5, 5.41) is 14.8. The summed E-state index contributed by atoms with van der Waals surface area (Å²) in [6.07, 6.45) is 8.27. The average Bonchev–Trinajstić information content (AvgIpc) is 3.19. The zero-order valence-corrected chi connectivity index (χ0v) is 22.1. The zero-order chi connectivity index (χ0) is 25.3. The Morgan fingerprint density at radius 3 is 2.42 bits per heavy atom. The first-order chi connectivity index (χ1) is 17.1. The van der Waals surface area contributed by atoms with Crippen molar-refractivity contribution in [1.82, 2.24) is 0 Å². The number of amidine groups is 1. The van der Waals surface area contributed by atoms with Crippen LogP contribution in [0.15, 0.2) is 40.5 Å². The van der Waals surface area contributed by atoms with Crippen molar-refractivity contribution in [3.05, 3.63) is 46.5 Å². The van der Waals surface area contributed by atoms with Crippen LogP contribution in [0, 0.1) is 28.6 Å². The second-order valence-corrected chi connectivity index (χ2v) is 13.3. The number of benzene rings is 1. The molecule has 1 aromatic rings. The molecule has 1 aliphatic heterocycles. The van der Waals surface area contributed by atoms with Crippen LogP contribution < -0.4 is 11.6 Å². The van der Waals surface area contributed by atoms with Gasteiger partial charge in [-0.3, -0.25) is 0 Å². The normalized spacial score (nSPS) is 39.4. The number of ether oxygens (including phenoxy) is 2. The van der Waals surface area contributed by atoms with Crippen molar-refractivity contribution in [2.45, 2.75) is 89.9 Å². The van der Waals surface area contributed by atoms with Crippen molar-refractivity contribution in [2.75, 3.05) is 13.2 Å². The highest BCUT2D eigenvalue weighted by Gasteiger charge is 2.57. The first kappa shape index (κ1) is 24.4. The summed E-state index contributed by atoms with van der Waals surface area (Å²) in [5.74, 6) is 7.37. The molecule has 1 heterocycles. The van der Waals surface area contributed by atoms with Crippen LogP contribution >= 0.6 is 0 Å². The van der Waals surface area contributed by atoms with E-state index in [0.717, 1.165) is 57.3 Å². The van der Waals surface area contributed by atoms with Crippen LogP contribution in [0.1, 0.15) is 89.2 Å². The molecule has 5 aliphatic rings. The molecule has 0 amide bonds. The number of aliphatic hydroxyl groups is 1. The molecular formula is C30H43N3O3. The highest BCUT2D eigenvalue weighted by Crippen LogP contribution is 2.64. The summed E-state index contributed by atoms with van der Waals surface area (Å²) in [5.41, 5.74) is 11.6. The molecule has 1 spiro atoms. The molecule has 5 N–H and O–H groups in total. The van der Waals surface area contributed by atoms with Crippen molar-refractivity contribution in [3.63, 3.8) is 0 Å². The van der Waals surface area contributed by atoms with Crippen LogP contribution in [-0.2, 0) is 9.47 Å². The van der Waals surface area contributed by atoms with E-state index in [9.17, 15) is 5.11 Å². The number of hydrazone groups is 1. The summed E-state index contributed by atoms with van der Waals surface area (Å²) in [4.78, 5) is 0. The number of hydrogen-bond acceptors (Lipinski definition) is 5. The molecule has 196 valence electrons. The fourth-order valence-electron chi connectivity index (χ4n) is 8.46. The van der Waals surface area contributed by atoms with Crippen LogP contribution in [-0.4, -0.2) is 36.0 Å². The Bertz CT molecular complexity index is 1070. The molecule has 6 atom stereocenters. The van der Waals surface area contributed by atoms with Crippen molar-refractivity contribution in [1.29, 1.82) is 0 Å². The summed E-state index contributed by atoms with van der Waals surface area (Å²) in [7, 11) is 0. The van der Waals surface area contributed by atoms with Gasteiger partial charge in [-0.05, 0) is 67.3 Å². The molecule has 4 fully saturated rings. The van der Waals surface area contributed by atoms with Crippen LogP contribution in [0.25, 0.3) is 0 Å². The van der Waals surface area contributed by atoms with Crippen molar-refractivity contribution < 1.29 is 14.6 Å². The maximum absolute atomic E-state index is 11.1. The van der Waals surface area contributed by atoms with Gasteiger partial charge < -0.3 is 26.2 Å². The Hall–Kier alpha value is -1.89. The van der Waals surface area contributed by atoms with Gasteiger partial charge in [0.25, 0.3) is 0 Å². The third kappa shape index (κ3) is 3.83. The quantitative estimate of drug-likeness (QED) is 0.180. The lowest BCUT2D eigenvalue weighted by atomic mass is 9.52. The maximum atomic E-state index is 11.1. The topological polar surface area (TPSA) is 103 Å². The Morgan fingerprint density at radius 2 is 1.72 bits per heavy atom. The molecule has 0 bridgehead atoms. The first-order valence-corrected chi connectivity index (χ1v) is 14.0. The first-order valence-electron chi connectivity index (χ1n) is 14.0. The fourth-order valence-corrected chi connectivity index (χ4v) is 8.46. The summed E-state index contributed by atoms with van der Waals surface area (Å²) >= 11 is 0. The lowest BCUT2D eigenvalue weighted by molar-refractivity contribution is -0.312. The molecule has 1 aromatic carbocycles. The SMILES string of the molecule is CC1(C)COC2(CCC3=C4C(c5ccc(/C(N)=N/N)cc5)CC5(C)C(O)CCC5C4CCC3C2)OC1.